The predicted octanol–water partition coefficient (Wildman–Crippen LogP) is 2.12. The molecule has 0 radical (unpaired) electrons. The SMILES string of the molecule is Cc1ccc(N2CCS(=O)(=O)CC2C)c(CNC(C)C)c1. The fourth-order valence-electron chi connectivity index (χ4n) is 2.81. The Labute approximate surface area is 128 Å². The summed E-state index contributed by atoms with van der Waals surface area (Å²) in [6.45, 7) is 9.74. The Hall–Kier alpha value is -1.07. The Morgan fingerprint density at radius 2 is 2.10 bits per heavy atom. The summed E-state index contributed by atoms with van der Waals surface area (Å²) < 4.78 is 23.5. The lowest BCUT2D eigenvalue weighted by atomic mass is 10.1. The van der Waals surface area contributed by atoms with Crippen LogP contribution in [0.2, 0.25) is 0 Å². The molecular weight excluding hydrogens is 284 g/mol. The number of hydrogen-bond acceptors (Lipinski definition) is 4. The van der Waals surface area contributed by atoms with Gasteiger partial charge in [0.15, 0.2) is 9.84 Å². The topological polar surface area (TPSA) is 49.4 Å². The first-order chi connectivity index (χ1) is 9.78. The van der Waals surface area contributed by atoms with Crippen LogP contribution < -0.4 is 10.2 Å². The minimum absolute atomic E-state index is 0.0317. The molecule has 0 aromatic heterocycles. The van der Waals surface area contributed by atoms with Crippen molar-refractivity contribution >= 4 is 15.5 Å². The van der Waals surface area contributed by atoms with Crippen LogP contribution in [0.5, 0.6) is 0 Å². The fraction of sp³-hybridized carbons (Fsp3) is 0.625. The van der Waals surface area contributed by atoms with Gasteiger partial charge in [-0.1, -0.05) is 31.5 Å². The van der Waals surface area contributed by atoms with E-state index in [0.29, 0.717) is 12.6 Å². The molecule has 1 aliphatic heterocycles. The summed E-state index contributed by atoms with van der Waals surface area (Å²) in [4.78, 5) is 2.23. The quantitative estimate of drug-likeness (QED) is 0.925. The zero-order valence-electron chi connectivity index (χ0n) is 13.4. The molecule has 1 heterocycles. The molecule has 0 amide bonds. The Balaban J connectivity index is 2.26. The molecule has 1 aromatic carbocycles. The molecule has 1 unspecified atom stereocenters. The van der Waals surface area contributed by atoms with Crippen molar-refractivity contribution in [1.82, 2.24) is 5.32 Å². The van der Waals surface area contributed by atoms with Crippen molar-refractivity contribution in [2.24, 2.45) is 0 Å². The largest absolute Gasteiger partial charge is 0.367 e. The number of nitrogens with zero attached hydrogens (tertiary/aromatic N) is 1. The molecule has 5 heteroatoms. The second-order valence-electron chi connectivity index (χ2n) is 6.32. The summed E-state index contributed by atoms with van der Waals surface area (Å²) in [6, 6.07) is 6.88. The van der Waals surface area contributed by atoms with Gasteiger partial charge in [-0.2, -0.15) is 0 Å². The maximum Gasteiger partial charge on any atom is 0.154 e. The van der Waals surface area contributed by atoms with Crippen molar-refractivity contribution in [2.75, 3.05) is 23.0 Å². The van der Waals surface area contributed by atoms with E-state index in [4.69, 9.17) is 0 Å². The normalized spacial score (nSPS) is 21.8. The molecule has 1 aliphatic rings. The number of hydrogen-bond donors (Lipinski definition) is 1. The van der Waals surface area contributed by atoms with E-state index in [9.17, 15) is 8.42 Å². The molecule has 2 rings (SSSR count). The van der Waals surface area contributed by atoms with Crippen LogP contribution in [-0.4, -0.2) is 38.6 Å². The van der Waals surface area contributed by atoms with Crippen LogP contribution in [0.3, 0.4) is 0 Å². The van der Waals surface area contributed by atoms with Gasteiger partial charge < -0.3 is 10.2 Å². The van der Waals surface area contributed by atoms with Crippen molar-refractivity contribution in [1.29, 1.82) is 0 Å². The van der Waals surface area contributed by atoms with Crippen molar-refractivity contribution in [3.63, 3.8) is 0 Å². The van der Waals surface area contributed by atoms with Crippen molar-refractivity contribution in [3.8, 4) is 0 Å². The standard InChI is InChI=1S/C16H26N2O2S/c1-12(2)17-10-15-9-13(3)5-6-16(15)18-7-8-21(19,20)11-14(18)4/h5-6,9,12,14,17H,7-8,10-11H2,1-4H3. The maximum absolute atomic E-state index is 11.8. The molecule has 1 atom stereocenters. The predicted molar refractivity (Wildman–Crippen MR) is 88.6 cm³/mol. The summed E-state index contributed by atoms with van der Waals surface area (Å²) in [5, 5.41) is 3.45. The molecule has 0 aliphatic carbocycles. The van der Waals surface area contributed by atoms with Gasteiger partial charge in [-0.05, 0) is 25.5 Å². The molecule has 118 valence electrons. The first kappa shape index (κ1) is 16.3. The lowest BCUT2D eigenvalue weighted by Crippen LogP contribution is -2.47. The number of anilines is 1. The summed E-state index contributed by atoms with van der Waals surface area (Å²) in [6.07, 6.45) is 0. The van der Waals surface area contributed by atoms with Gasteiger partial charge in [-0.25, -0.2) is 8.42 Å². The Morgan fingerprint density at radius 3 is 2.71 bits per heavy atom. The summed E-state index contributed by atoms with van der Waals surface area (Å²) >= 11 is 0. The molecule has 1 saturated heterocycles. The number of sulfone groups is 1. The molecule has 1 N–H and O–H groups in total. The van der Waals surface area contributed by atoms with Crippen LogP contribution in [-0.2, 0) is 16.4 Å². The van der Waals surface area contributed by atoms with E-state index in [0.717, 1.165) is 12.2 Å². The highest BCUT2D eigenvalue weighted by molar-refractivity contribution is 7.91. The molecule has 4 nitrogen and oxygen atoms in total. The van der Waals surface area contributed by atoms with E-state index >= 15 is 0 Å². The minimum atomic E-state index is -2.88. The highest BCUT2D eigenvalue weighted by Gasteiger charge is 2.29. The maximum atomic E-state index is 11.8. The van der Waals surface area contributed by atoms with Gasteiger partial charge in [0.05, 0.1) is 11.5 Å². The van der Waals surface area contributed by atoms with Gasteiger partial charge in [0.25, 0.3) is 0 Å². The smallest absolute Gasteiger partial charge is 0.154 e. The first-order valence-corrected chi connectivity index (χ1v) is 9.40. The average molecular weight is 310 g/mol. The Kier molecular flexibility index (Phi) is 4.94. The molecule has 1 fully saturated rings. The monoisotopic (exact) mass is 310 g/mol. The zero-order valence-corrected chi connectivity index (χ0v) is 14.2. The highest BCUT2D eigenvalue weighted by Crippen LogP contribution is 2.26. The number of aryl methyl sites for hydroxylation is 1. The van der Waals surface area contributed by atoms with Gasteiger partial charge in [0.1, 0.15) is 0 Å². The average Bonchev–Trinajstić information content (AvgIpc) is 2.36. The fourth-order valence-corrected chi connectivity index (χ4v) is 4.36. The third kappa shape index (κ3) is 4.20. The summed E-state index contributed by atoms with van der Waals surface area (Å²) in [5.74, 6) is 0.500. The van der Waals surface area contributed by atoms with E-state index in [1.165, 1.54) is 11.1 Å². The minimum Gasteiger partial charge on any atom is -0.367 e. The number of rotatable bonds is 4. The third-order valence-electron chi connectivity index (χ3n) is 3.92. The van der Waals surface area contributed by atoms with E-state index < -0.39 is 9.84 Å². The lowest BCUT2D eigenvalue weighted by molar-refractivity contribution is 0.564. The van der Waals surface area contributed by atoms with Gasteiger partial charge in [0.2, 0.25) is 0 Å². The molecule has 0 spiro atoms. The summed E-state index contributed by atoms with van der Waals surface area (Å²) in [7, 11) is -2.88. The van der Waals surface area contributed by atoms with Gasteiger partial charge in [-0.3, -0.25) is 0 Å². The van der Waals surface area contributed by atoms with Crippen LogP contribution in [0.15, 0.2) is 18.2 Å². The van der Waals surface area contributed by atoms with E-state index in [2.05, 4.69) is 49.2 Å². The number of benzene rings is 1. The van der Waals surface area contributed by atoms with E-state index in [-0.39, 0.29) is 17.5 Å². The second-order valence-corrected chi connectivity index (χ2v) is 8.55. The number of nitrogens with one attached hydrogen (secondary N) is 1. The van der Waals surface area contributed by atoms with E-state index in [1.54, 1.807) is 0 Å². The van der Waals surface area contributed by atoms with Crippen molar-refractivity contribution < 1.29 is 8.42 Å². The second kappa shape index (κ2) is 6.36. The first-order valence-electron chi connectivity index (χ1n) is 7.58. The summed E-state index contributed by atoms with van der Waals surface area (Å²) in [5.41, 5.74) is 3.64. The molecule has 0 saturated carbocycles. The van der Waals surface area contributed by atoms with Crippen LogP contribution in [0, 0.1) is 6.92 Å². The van der Waals surface area contributed by atoms with Crippen molar-refractivity contribution in [3.05, 3.63) is 29.3 Å². The third-order valence-corrected chi connectivity index (χ3v) is 5.71. The van der Waals surface area contributed by atoms with Gasteiger partial charge in [0, 0.05) is 30.9 Å². The molecular formula is C16H26N2O2S. The molecule has 21 heavy (non-hydrogen) atoms. The Bertz CT molecular complexity index is 596. The Morgan fingerprint density at radius 1 is 1.38 bits per heavy atom. The lowest BCUT2D eigenvalue weighted by Gasteiger charge is -2.36. The van der Waals surface area contributed by atoms with Crippen molar-refractivity contribution in [2.45, 2.75) is 46.3 Å². The van der Waals surface area contributed by atoms with Crippen LogP contribution in [0.1, 0.15) is 31.9 Å². The highest BCUT2D eigenvalue weighted by atomic mass is 32.2. The van der Waals surface area contributed by atoms with Gasteiger partial charge in [-0.15, -0.1) is 0 Å². The van der Waals surface area contributed by atoms with Gasteiger partial charge >= 0.3 is 0 Å². The zero-order chi connectivity index (χ0) is 15.6. The van der Waals surface area contributed by atoms with Crippen LogP contribution in [0.4, 0.5) is 5.69 Å². The molecule has 1 aromatic rings. The van der Waals surface area contributed by atoms with E-state index in [1.807, 2.05) is 6.92 Å². The van der Waals surface area contributed by atoms with Crippen LogP contribution in [0.25, 0.3) is 0 Å². The van der Waals surface area contributed by atoms with Crippen LogP contribution >= 0.6 is 0 Å². The molecule has 0 bridgehead atoms.